The molecule has 10 heteroatoms. The maximum Gasteiger partial charge on any atom is 0.269 e. The first-order valence-corrected chi connectivity index (χ1v) is 11.3. The summed E-state index contributed by atoms with van der Waals surface area (Å²) in [4.78, 5) is 22.9. The molecule has 0 atom stereocenters. The minimum Gasteiger partial charge on any atom is -0.493 e. The zero-order valence-corrected chi connectivity index (χ0v) is 20.9. The third-order valence-electron chi connectivity index (χ3n) is 4.59. The lowest BCUT2D eigenvalue weighted by molar-refractivity contribution is -0.384. The molecule has 0 saturated carbocycles. The van der Waals surface area contributed by atoms with Crippen LogP contribution in [0.1, 0.15) is 11.1 Å². The Morgan fingerprint density at radius 1 is 1.12 bits per heavy atom. The number of non-ortho nitro benzene ring substituents is 1. The Morgan fingerprint density at radius 3 is 2.38 bits per heavy atom. The second-order valence-electron chi connectivity index (χ2n) is 6.87. The average molecular weight is 587 g/mol. The smallest absolute Gasteiger partial charge is 0.269 e. The molecule has 3 aromatic rings. The highest BCUT2D eigenvalue weighted by Gasteiger charge is 2.14. The predicted octanol–water partition coefficient (Wildman–Crippen LogP) is 6.25. The van der Waals surface area contributed by atoms with Gasteiger partial charge in [0.1, 0.15) is 18.2 Å². The van der Waals surface area contributed by atoms with E-state index in [0.717, 1.165) is 10.0 Å². The molecular weight excluding hydrogens is 570 g/mol. The van der Waals surface area contributed by atoms with Crippen molar-refractivity contribution in [1.82, 2.24) is 0 Å². The number of anilines is 1. The third-order valence-corrected chi connectivity index (χ3v) is 5.81. The van der Waals surface area contributed by atoms with Crippen molar-refractivity contribution in [1.29, 1.82) is 5.26 Å². The summed E-state index contributed by atoms with van der Waals surface area (Å²) in [6.45, 7) is 0.162. The molecule has 0 heterocycles. The minimum atomic E-state index is -0.547. The third kappa shape index (κ3) is 6.43. The predicted molar refractivity (Wildman–Crippen MR) is 134 cm³/mol. The van der Waals surface area contributed by atoms with Gasteiger partial charge in [0, 0.05) is 26.8 Å². The zero-order valence-electron chi connectivity index (χ0n) is 17.7. The molecule has 172 valence electrons. The summed E-state index contributed by atoms with van der Waals surface area (Å²) in [5.41, 5.74) is 1.75. The lowest BCUT2D eigenvalue weighted by atomic mass is 10.1. The number of nitro groups is 1. The summed E-state index contributed by atoms with van der Waals surface area (Å²) in [7, 11) is 1.47. The number of nitrogens with zero attached hydrogens (tertiary/aromatic N) is 2. The SMILES string of the molecule is COc1cc(/C=C(/C#N)C(=O)Nc2ccc(Br)cc2)c(Br)cc1OCc1ccc([N+](=O)[O-])cc1. The number of nitro benzene ring substituents is 1. The van der Waals surface area contributed by atoms with Crippen LogP contribution in [-0.4, -0.2) is 17.9 Å². The lowest BCUT2D eigenvalue weighted by Crippen LogP contribution is -2.13. The lowest BCUT2D eigenvalue weighted by Gasteiger charge is -2.13. The topological polar surface area (TPSA) is 114 Å². The highest BCUT2D eigenvalue weighted by Crippen LogP contribution is 2.35. The van der Waals surface area contributed by atoms with Gasteiger partial charge in [-0.05, 0) is 65.7 Å². The van der Waals surface area contributed by atoms with Crippen molar-refractivity contribution in [2.24, 2.45) is 0 Å². The largest absolute Gasteiger partial charge is 0.493 e. The fourth-order valence-corrected chi connectivity index (χ4v) is 3.55. The number of nitriles is 1. The Bertz CT molecular complexity index is 1280. The Kier molecular flexibility index (Phi) is 8.40. The van der Waals surface area contributed by atoms with Gasteiger partial charge in [-0.2, -0.15) is 5.26 Å². The summed E-state index contributed by atoms with van der Waals surface area (Å²) in [6.07, 6.45) is 1.45. The van der Waals surface area contributed by atoms with Crippen LogP contribution in [0, 0.1) is 21.4 Å². The second-order valence-corrected chi connectivity index (χ2v) is 8.64. The van der Waals surface area contributed by atoms with Crippen molar-refractivity contribution >= 4 is 55.2 Å². The van der Waals surface area contributed by atoms with Crippen LogP contribution in [-0.2, 0) is 11.4 Å². The maximum absolute atomic E-state index is 12.6. The highest BCUT2D eigenvalue weighted by atomic mass is 79.9. The maximum atomic E-state index is 12.6. The van der Waals surface area contributed by atoms with Crippen molar-refractivity contribution in [2.45, 2.75) is 6.61 Å². The van der Waals surface area contributed by atoms with Gasteiger partial charge in [0.05, 0.1) is 12.0 Å². The molecule has 0 saturated heterocycles. The van der Waals surface area contributed by atoms with Crippen molar-refractivity contribution in [2.75, 3.05) is 12.4 Å². The van der Waals surface area contributed by atoms with Gasteiger partial charge in [-0.3, -0.25) is 14.9 Å². The van der Waals surface area contributed by atoms with E-state index < -0.39 is 10.8 Å². The fraction of sp³-hybridized carbons (Fsp3) is 0.0833. The summed E-state index contributed by atoms with van der Waals surface area (Å²) in [5, 5.41) is 23.0. The monoisotopic (exact) mass is 585 g/mol. The van der Waals surface area contributed by atoms with Gasteiger partial charge in [-0.1, -0.05) is 31.9 Å². The number of hydrogen-bond acceptors (Lipinski definition) is 6. The molecule has 8 nitrogen and oxygen atoms in total. The molecule has 0 radical (unpaired) electrons. The molecule has 3 aromatic carbocycles. The van der Waals surface area contributed by atoms with Crippen LogP contribution in [0.25, 0.3) is 6.08 Å². The van der Waals surface area contributed by atoms with Crippen LogP contribution < -0.4 is 14.8 Å². The summed E-state index contributed by atoms with van der Waals surface area (Å²) < 4.78 is 12.7. The number of benzene rings is 3. The van der Waals surface area contributed by atoms with Gasteiger partial charge >= 0.3 is 0 Å². The van der Waals surface area contributed by atoms with E-state index in [9.17, 15) is 20.2 Å². The first-order valence-electron chi connectivity index (χ1n) is 9.73. The van der Waals surface area contributed by atoms with Crippen LogP contribution in [0.5, 0.6) is 11.5 Å². The van der Waals surface area contributed by atoms with Gasteiger partial charge in [-0.15, -0.1) is 0 Å². The summed E-state index contributed by atoms with van der Waals surface area (Å²) in [5.74, 6) is 0.263. The molecule has 0 aromatic heterocycles. The first kappa shape index (κ1) is 25.0. The number of carbonyl (C=O) groups is 1. The van der Waals surface area contributed by atoms with Crippen LogP contribution in [0.2, 0.25) is 0 Å². The molecule has 0 aliphatic rings. The number of halogens is 2. The molecule has 0 aliphatic heterocycles. The number of nitrogens with one attached hydrogen (secondary N) is 1. The van der Waals surface area contributed by atoms with Gasteiger partial charge in [0.2, 0.25) is 0 Å². The van der Waals surface area contributed by atoms with E-state index in [2.05, 4.69) is 37.2 Å². The van der Waals surface area contributed by atoms with Crippen LogP contribution in [0.3, 0.4) is 0 Å². The second kappa shape index (κ2) is 11.4. The molecule has 0 unspecified atom stereocenters. The van der Waals surface area contributed by atoms with E-state index in [0.29, 0.717) is 27.2 Å². The van der Waals surface area contributed by atoms with Gasteiger partial charge in [0.15, 0.2) is 11.5 Å². The number of amides is 1. The number of methoxy groups -OCH3 is 1. The molecule has 0 fully saturated rings. The first-order chi connectivity index (χ1) is 16.3. The molecule has 1 N–H and O–H groups in total. The minimum absolute atomic E-state index is 0.00214. The van der Waals surface area contributed by atoms with E-state index in [1.165, 1.54) is 25.3 Å². The van der Waals surface area contributed by atoms with Crippen molar-refractivity contribution in [3.8, 4) is 17.6 Å². The molecule has 0 bridgehead atoms. The highest BCUT2D eigenvalue weighted by molar-refractivity contribution is 9.10. The van der Waals surface area contributed by atoms with Crippen molar-refractivity contribution < 1.29 is 19.2 Å². The van der Waals surface area contributed by atoms with Crippen LogP contribution in [0.15, 0.2) is 75.2 Å². The van der Waals surface area contributed by atoms with Crippen molar-refractivity contribution in [3.63, 3.8) is 0 Å². The van der Waals surface area contributed by atoms with Crippen LogP contribution in [0.4, 0.5) is 11.4 Å². The summed E-state index contributed by atoms with van der Waals surface area (Å²) >= 11 is 6.77. The average Bonchev–Trinajstić information content (AvgIpc) is 2.83. The Labute approximate surface area is 212 Å². The van der Waals surface area contributed by atoms with Gasteiger partial charge in [0.25, 0.3) is 11.6 Å². The quantitative estimate of drug-likeness (QED) is 0.144. The Hall–Kier alpha value is -3.68. The fourth-order valence-electron chi connectivity index (χ4n) is 2.84. The Balaban J connectivity index is 1.78. The van der Waals surface area contributed by atoms with Gasteiger partial charge < -0.3 is 14.8 Å². The number of carbonyl (C=O) groups excluding carboxylic acids is 1. The van der Waals surface area contributed by atoms with Gasteiger partial charge in [-0.25, -0.2) is 0 Å². The van der Waals surface area contributed by atoms with E-state index in [-0.39, 0.29) is 17.9 Å². The molecule has 34 heavy (non-hydrogen) atoms. The normalized spacial score (nSPS) is 10.8. The van der Waals surface area contributed by atoms with E-state index in [1.54, 1.807) is 48.5 Å². The van der Waals surface area contributed by atoms with Crippen LogP contribution >= 0.6 is 31.9 Å². The summed E-state index contributed by atoms with van der Waals surface area (Å²) in [6, 6.07) is 18.2. The number of rotatable bonds is 8. The van der Waals surface area contributed by atoms with E-state index in [1.807, 2.05) is 6.07 Å². The number of ether oxygens (including phenoxy) is 2. The Morgan fingerprint density at radius 2 is 1.79 bits per heavy atom. The molecular formula is C24H17Br2N3O5. The van der Waals surface area contributed by atoms with Crippen molar-refractivity contribution in [3.05, 3.63) is 96.4 Å². The molecule has 1 amide bonds. The molecule has 0 aliphatic carbocycles. The molecule has 3 rings (SSSR count). The number of hydrogen-bond donors (Lipinski definition) is 1. The molecule has 0 spiro atoms. The zero-order chi connectivity index (χ0) is 24.7. The van der Waals surface area contributed by atoms with E-state index >= 15 is 0 Å². The standard InChI is InChI=1S/C24H17Br2N3O5/c1-33-22-11-16(10-17(13-27)24(30)28-19-6-4-18(25)5-7-19)21(26)12-23(22)34-14-15-2-8-20(9-3-15)29(31)32/h2-12H,14H2,1H3,(H,28,30)/b17-10-. The van der Waals surface area contributed by atoms with E-state index in [4.69, 9.17) is 9.47 Å².